The van der Waals surface area contributed by atoms with Gasteiger partial charge in [0, 0.05) is 18.7 Å². The minimum absolute atomic E-state index is 0.151. The Morgan fingerprint density at radius 1 is 1.19 bits per heavy atom. The third-order valence-electron chi connectivity index (χ3n) is 5.02. The quantitative estimate of drug-likeness (QED) is 0.775. The van der Waals surface area contributed by atoms with Gasteiger partial charge in [-0.2, -0.15) is 0 Å². The van der Waals surface area contributed by atoms with Crippen LogP contribution in [0.15, 0.2) is 36.5 Å². The average molecular weight is 429 g/mol. The molecule has 7 nitrogen and oxygen atoms in total. The number of pyridine rings is 1. The van der Waals surface area contributed by atoms with Crippen LogP contribution in [0.2, 0.25) is 0 Å². The number of benzene rings is 1. The summed E-state index contributed by atoms with van der Waals surface area (Å²) in [5.74, 6) is -0.524. The van der Waals surface area contributed by atoms with Crippen molar-refractivity contribution in [3.63, 3.8) is 0 Å². The lowest BCUT2D eigenvalue weighted by molar-refractivity contribution is 0.0165. The monoisotopic (exact) mass is 429 g/mol. The standard InChI is InChI=1S/C23H28FN3O4/c1-23(2,3)31-22(29)27-10-8-15(9-11-27)14-30-17-5-7-20(26-13-17)16-4-6-18(21(25)28)19(24)12-16/h4-7,12-13,15H,8-11,14H2,1-3H3,(H2,25,28). The van der Waals surface area contributed by atoms with Gasteiger partial charge in [0.15, 0.2) is 0 Å². The maximum Gasteiger partial charge on any atom is 0.410 e. The Bertz CT molecular complexity index is 933. The molecule has 1 aliphatic heterocycles. The van der Waals surface area contributed by atoms with Gasteiger partial charge in [0.25, 0.3) is 5.91 Å². The summed E-state index contributed by atoms with van der Waals surface area (Å²) >= 11 is 0. The molecule has 1 fully saturated rings. The highest BCUT2D eigenvalue weighted by molar-refractivity contribution is 5.93. The van der Waals surface area contributed by atoms with Gasteiger partial charge in [-0.15, -0.1) is 0 Å². The molecule has 31 heavy (non-hydrogen) atoms. The first-order valence-electron chi connectivity index (χ1n) is 10.3. The van der Waals surface area contributed by atoms with Crippen LogP contribution in [-0.2, 0) is 4.74 Å². The molecule has 8 heteroatoms. The van der Waals surface area contributed by atoms with E-state index in [1.54, 1.807) is 29.3 Å². The molecular formula is C23H28FN3O4. The zero-order valence-corrected chi connectivity index (χ0v) is 18.1. The maximum atomic E-state index is 14.0. The summed E-state index contributed by atoms with van der Waals surface area (Å²) in [5.41, 5.74) is 5.59. The summed E-state index contributed by atoms with van der Waals surface area (Å²) in [6, 6.07) is 7.70. The van der Waals surface area contributed by atoms with Crippen molar-refractivity contribution in [2.45, 2.75) is 39.2 Å². The van der Waals surface area contributed by atoms with Crippen LogP contribution in [0.5, 0.6) is 5.75 Å². The molecule has 0 atom stereocenters. The van der Waals surface area contributed by atoms with Crippen molar-refractivity contribution in [1.29, 1.82) is 0 Å². The molecule has 1 aliphatic rings. The van der Waals surface area contributed by atoms with Crippen LogP contribution in [0.3, 0.4) is 0 Å². The van der Waals surface area contributed by atoms with E-state index >= 15 is 0 Å². The van der Waals surface area contributed by atoms with E-state index in [-0.39, 0.29) is 11.7 Å². The fraction of sp³-hybridized carbons (Fsp3) is 0.435. The largest absolute Gasteiger partial charge is 0.492 e. The van der Waals surface area contributed by atoms with Gasteiger partial charge in [0.2, 0.25) is 0 Å². The van der Waals surface area contributed by atoms with E-state index in [4.69, 9.17) is 15.2 Å². The van der Waals surface area contributed by atoms with E-state index in [0.717, 1.165) is 12.8 Å². The Morgan fingerprint density at radius 2 is 1.90 bits per heavy atom. The minimum atomic E-state index is -0.808. The van der Waals surface area contributed by atoms with Crippen molar-refractivity contribution in [3.05, 3.63) is 47.9 Å². The van der Waals surface area contributed by atoms with Crippen LogP contribution in [0.25, 0.3) is 11.3 Å². The molecule has 1 saturated heterocycles. The van der Waals surface area contributed by atoms with Gasteiger partial charge in [-0.25, -0.2) is 9.18 Å². The number of nitrogens with zero attached hydrogens (tertiary/aromatic N) is 2. The van der Waals surface area contributed by atoms with Gasteiger partial charge >= 0.3 is 6.09 Å². The van der Waals surface area contributed by atoms with Gasteiger partial charge in [0.05, 0.1) is 24.1 Å². The Labute approximate surface area is 181 Å². The number of halogens is 1. The van der Waals surface area contributed by atoms with Crippen LogP contribution in [0.4, 0.5) is 9.18 Å². The second-order valence-corrected chi connectivity index (χ2v) is 8.66. The third kappa shape index (κ3) is 6.16. The third-order valence-corrected chi connectivity index (χ3v) is 5.02. The number of piperidine rings is 1. The first kappa shape index (κ1) is 22.5. The number of amides is 2. The number of carbonyl (C=O) groups excluding carboxylic acids is 2. The second kappa shape index (κ2) is 9.32. The van der Waals surface area contributed by atoms with Crippen molar-refractivity contribution in [3.8, 4) is 17.0 Å². The molecule has 0 radical (unpaired) electrons. The van der Waals surface area contributed by atoms with Crippen LogP contribution in [0.1, 0.15) is 44.0 Å². The Balaban J connectivity index is 1.50. The molecule has 2 N–H and O–H groups in total. The number of nitrogens with two attached hydrogens (primary N) is 1. The Hall–Kier alpha value is -3.16. The van der Waals surface area contributed by atoms with E-state index < -0.39 is 17.3 Å². The van der Waals surface area contributed by atoms with Crippen LogP contribution in [-0.4, -0.2) is 47.2 Å². The normalized spacial score (nSPS) is 14.9. The molecule has 0 saturated carbocycles. The number of carbonyl (C=O) groups is 2. The van der Waals surface area contributed by atoms with Crippen molar-refractivity contribution in [1.82, 2.24) is 9.88 Å². The number of hydrogen-bond donors (Lipinski definition) is 1. The summed E-state index contributed by atoms with van der Waals surface area (Å²) in [4.78, 5) is 29.3. The topological polar surface area (TPSA) is 94.7 Å². The fourth-order valence-corrected chi connectivity index (χ4v) is 3.33. The average Bonchev–Trinajstić information content (AvgIpc) is 2.71. The van der Waals surface area contributed by atoms with Crippen LogP contribution >= 0.6 is 0 Å². The van der Waals surface area contributed by atoms with E-state index in [2.05, 4.69) is 4.98 Å². The smallest absolute Gasteiger partial charge is 0.410 e. The van der Waals surface area contributed by atoms with Crippen LogP contribution < -0.4 is 10.5 Å². The lowest BCUT2D eigenvalue weighted by Crippen LogP contribution is -2.42. The fourth-order valence-electron chi connectivity index (χ4n) is 3.33. The number of rotatable bonds is 5. The zero-order chi connectivity index (χ0) is 22.6. The summed E-state index contributed by atoms with van der Waals surface area (Å²) in [5, 5.41) is 0. The first-order valence-corrected chi connectivity index (χ1v) is 10.3. The summed E-state index contributed by atoms with van der Waals surface area (Å²) < 4.78 is 25.2. The molecule has 0 bridgehead atoms. The van der Waals surface area contributed by atoms with Crippen LogP contribution in [0, 0.1) is 11.7 Å². The number of likely N-dealkylation sites (tertiary alicyclic amines) is 1. The number of primary amides is 1. The first-order chi connectivity index (χ1) is 14.6. The molecule has 1 aromatic carbocycles. The highest BCUT2D eigenvalue weighted by Crippen LogP contribution is 2.24. The number of aromatic nitrogens is 1. The molecule has 0 aliphatic carbocycles. The van der Waals surface area contributed by atoms with Gasteiger partial charge in [-0.05, 0) is 63.8 Å². The van der Waals surface area contributed by atoms with Crippen molar-refractivity contribution in [2.75, 3.05) is 19.7 Å². The van der Waals surface area contributed by atoms with Crippen molar-refractivity contribution < 1.29 is 23.5 Å². The highest BCUT2D eigenvalue weighted by Gasteiger charge is 2.27. The number of ether oxygens (including phenoxy) is 2. The van der Waals surface area contributed by atoms with Gasteiger partial charge < -0.3 is 20.1 Å². The van der Waals surface area contributed by atoms with Crippen molar-refractivity contribution in [2.24, 2.45) is 11.7 Å². The summed E-state index contributed by atoms with van der Waals surface area (Å²) in [6.07, 6.45) is 3.00. The van der Waals surface area contributed by atoms with E-state index in [1.807, 2.05) is 20.8 Å². The molecule has 2 aromatic rings. The SMILES string of the molecule is CC(C)(C)OC(=O)N1CCC(COc2ccc(-c3ccc(C(N)=O)c(F)c3)nc2)CC1. The Kier molecular flexibility index (Phi) is 6.77. The number of hydrogen-bond acceptors (Lipinski definition) is 5. The maximum absolute atomic E-state index is 14.0. The summed E-state index contributed by atoms with van der Waals surface area (Å²) in [7, 11) is 0. The highest BCUT2D eigenvalue weighted by atomic mass is 19.1. The lowest BCUT2D eigenvalue weighted by atomic mass is 9.98. The molecular weight excluding hydrogens is 401 g/mol. The summed E-state index contributed by atoms with van der Waals surface area (Å²) in [6.45, 7) is 7.40. The predicted molar refractivity (Wildman–Crippen MR) is 114 cm³/mol. The predicted octanol–water partition coefficient (Wildman–Crippen LogP) is 4.01. The molecule has 2 heterocycles. The molecule has 2 amide bonds. The van der Waals surface area contributed by atoms with Gasteiger partial charge in [0.1, 0.15) is 17.2 Å². The molecule has 166 valence electrons. The Morgan fingerprint density at radius 3 is 2.45 bits per heavy atom. The van der Waals surface area contributed by atoms with E-state index in [1.165, 1.54) is 12.1 Å². The minimum Gasteiger partial charge on any atom is -0.492 e. The van der Waals surface area contributed by atoms with E-state index in [9.17, 15) is 14.0 Å². The zero-order valence-electron chi connectivity index (χ0n) is 18.1. The molecule has 0 spiro atoms. The molecule has 3 rings (SSSR count). The van der Waals surface area contributed by atoms with E-state index in [0.29, 0.717) is 42.6 Å². The molecule has 1 aromatic heterocycles. The second-order valence-electron chi connectivity index (χ2n) is 8.66. The van der Waals surface area contributed by atoms with Gasteiger partial charge in [-0.1, -0.05) is 6.07 Å². The molecule has 0 unspecified atom stereocenters. The van der Waals surface area contributed by atoms with Crippen molar-refractivity contribution >= 4 is 12.0 Å². The lowest BCUT2D eigenvalue weighted by Gasteiger charge is -2.33. The van der Waals surface area contributed by atoms with Gasteiger partial charge in [-0.3, -0.25) is 9.78 Å².